The van der Waals surface area contributed by atoms with Gasteiger partial charge < -0.3 is 5.11 Å². The second-order valence-corrected chi connectivity index (χ2v) is 5.40. The molecule has 0 bridgehead atoms. The van der Waals surface area contributed by atoms with Crippen LogP contribution >= 0.6 is 15.9 Å². The van der Waals surface area contributed by atoms with Crippen LogP contribution < -0.4 is 0 Å². The fraction of sp³-hybridized carbons (Fsp3) is 0.0625. The number of rotatable bonds is 5. The number of halogens is 1. The number of benzene rings is 2. The monoisotopic (exact) mass is 361 g/mol. The van der Waals surface area contributed by atoms with E-state index < -0.39 is 16.8 Å². The molecule has 0 radical (unpaired) electrons. The number of nitrogens with zero attached hydrogens (tertiary/aromatic N) is 1. The third kappa shape index (κ3) is 3.79. The maximum absolute atomic E-state index is 11.4. The van der Waals surface area contributed by atoms with E-state index in [0.29, 0.717) is 5.56 Å². The van der Waals surface area contributed by atoms with Crippen LogP contribution in [-0.2, 0) is 4.79 Å². The predicted octanol–water partition coefficient (Wildman–Crippen LogP) is 4.24. The highest BCUT2D eigenvalue weighted by atomic mass is 79.9. The summed E-state index contributed by atoms with van der Waals surface area (Å²) >= 11 is 3.39. The number of aliphatic carboxylic acids is 1. The lowest BCUT2D eigenvalue weighted by atomic mass is 9.97. The first-order chi connectivity index (χ1) is 10.5. The van der Waals surface area contributed by atoms with Gasteiger partial charge in [-0.05, 0) is 17.2 Å². The van der Waals surface area contributed by atoms with Crippen LogP contribution in [0.3, 0.4) is 0 Å². The Kier molecular flexibility index (Phi) is 5.06. The van der Waals surface area contributed by atoms with Crippen molar-refractivity contribution in [2.75, 3.05) is 0 Å². The van der Waals surface area contributed by atoms with Crippen molar-refractivity contribution in [1.29, 1.82) is 0 Å². The number of non-ortho nitro benzene ring substituents is 1. The van der Waals surface area contributed by atoms with Gasteiger partial charge in [0.2, 0.25) is 0 Å². The molecule has 0 aliphatic carbocycles. The van der Waals surface area contributed by atoms with Gasteiger partial charge in [-0.15, -0.1) is 0 Å². The third-order valence-corrected chi connectivity index (χ3v) is 3.82. The van der Waals surface area contributed by atoms with Gasteiger partial charge in [-0.1, -0.05) is 58.4 Å². The van der Waals surface area contributed by atoms with Gasteiger partial charge in [-0.25, -0.2) is 0 Å². The molecule has 1 unspecified atom stereocenters. The van der Waals surface area contributed by atoms with Crippen LogP contribution in [0.15, 0.2) is 59.1 Å². The van der Waals surface area contributed by atoms with Gasteiger partial charge >= 0.3 is 5.97 Å². The third-order valence-electron chi connectivity index (χ3n) is 3.10. The van der Waals surface area contributed by atoms with Gasteiger partial charge in [0.15, 0.2) is 0 Å². The number of hydrogen-bond donors (Lipinski definition) is 1. The smallest absolute Gasteiger partial charge is 0.314 e. The molecule has 0 fully saturated rings. The average molecular weight is 362 g/mol. The molecular weight excluding hydrogens is 350 g/mol. The Hall–Kier alpha value is -2.47. The summed E-state index contributed by atoms with van der Waals surface area (Å²) in [6.45, 7) is 0. The van der Waals surface area contributed by atoms with E-state index in [4.69, 9.17) is 0 Å². The molecule has 22 heavy (non-hydrogen) atoms. The minimum absolute atomic E-state index is 0.0670. The number of nitro groups is 1. The molecule has 0 heterocycles. The van der Waals surface area contributed by atoms with E-state index in [0.717, 1.165) is 10.0 Å². The van der Waals surface area contributed by atoms with Gasteiger partial charge in [0.25, 0.3) is 5.69 Å². The zero-order valence-corrected chi connectivity index (χ0v) is 12.9. The zero-order valence-electron chi connectivity index (χ0n) is 11.3. The molecule has 6 heteroatoms. The lowest BCUT2D eigenvalue weighted by molar-refractivity contribution is -0.384. The van der Waals surface area contributed by atoms with Crippen molar-refractivity contribution in [2.24, 2.45) is 0 Å². The number of carboxylic acid groups (broad SMARTS) is 1. The fourth-order valence-corrected chi connectivity index (χ4v) is 2.37. The molecule has 2 aromatic rings. The van der Waals surface area contributed by atoms with E-state index in [9.17, 15) is 20.0 Å². The van der Waals surface area contributed by atoms with E-state index >= 15 is 0 Å². The number of carbonyl (C=O) groups is 1. The Morgan fingerprint density at radius 2 is 1.82 bits per heavy atom. The Bertz CT molecular complexity index is 725. The van der Waals surface area contributed by atoms with Gasteiger partial charge in [-0.3, -0.25) is 14.9 Å². The molecule has 2 aromatic carbocycles. The zero-order chi connectivity index (χ0) is 16.1. The number of nitro benzene ring substituents is 1. The average Bonchev–Trinajstić information content (AvgIpc) is 2.49. The molecule has 0 spiro atoms. The maximum Gasteiger partial charge on any atom is 0.314 e. The molecule has 0 saturated carbocycles. The van der Waals surface area contributed by atoms with E-state index in [2.05, 4.69) is 15.9 Å². The van der Waals surface area contributed by atoms with Gasteiger partial charge in [0.05, 0.1) is 4.92 Å². The first kappa shape index (κ1) is 15.9. The largest absolute Gasteiger partial charge is 0.481 e. The first-order valence-corrected chi connectivity index (χ1v) is 7.18. The van der Waals surface area contributed by atoms with Gasteiger partial charge in [0, 0.05) is 16.6 Å². The Balaban J connectivity index is 2.29. The summed E-state index contributed by atoms with van der Waals surface area (Å²) in [5.41, 5.74) is 1.28. The van der Waals surface area contributed by atoms with Crippen LogP contribution in [0.1, 0.15) is 17.0 Å². The SMILES string of the molecule is O=C(O)C(C=Cc1ccccc1Br)c1ccc([N+](=O)[O-])cc1. The molecule has 2 rings (SSSR count). The van der Waals surface area contributed by atoms with Crippen molar-refractivity contribution in [3.8, 4) is 0 Å². The van der Waals surface area contributed by atoms with E-state index in [-0.39, 0.29) is 5.69 Å². The van der Waals surface area contributed by atoms with Crippen LogP contribution in [0.4, 0.5) is 5.69 Å². The highest BCUT2D eigenvalue weighted by Crippen LogP contribution is 2.24. The van der Waals surface area contributed by atoms with Crippen molar-refractivity contribution < 1.29 is 14.8 Å². The standard InChI is InChI=1S/C16H12BrNO4/c17-15-4-2-1-3-12(15)7-10-14(16(19)20)11-5-8-13(9-6-11)18(21)22/h1-10,14H,(H,19,20). The molecule has 0 saturated heterocycles. The second-order valence-electron chi connectivity index (χ2n) is 4.55. The summed E-state index contributed by atoms with van der Waals surface area (Å²) in [4.78, 5) is 21.5. The lowest BCUT2D eigenvalue weighted by Gasteiger charge is -2.08. The number of carboxylic acids is 1. The van der Waals surface area contributed by atoms with E-state index in [1.165, 1.54) is 24.3 Å². The van der Waals surface area contributed by atoms with E-state index in [1.54, 1.807) is 12.2 Å². The van der Waals surface area contributed by atoms with Crippen molar-refractivity contribution in [3.05, 3.63) is 80.3 Å². The van der Waals surface area contributed by atoms with Crippen molar-refractivity contribution in [1.82, 2.24) is 0 Å². The minimum Gasteiger partial charge on any atom is -0.481 e. The summed E-state index contributed by atoms with van der Waals surface area (Å²) in [7, 11) is 0. The minimum atomic E-state index is -1.02. The van der Waals surface area contributed by atoms with Crippen LogP contribution in [0.5, 0.6) is 0 Å². The summed E-state index contributed by atoms with van der Waals surface area (Å²) in [6, 6.07) is 13.0. The van der Waals surface area contributed by atoms with Crippen LogP contribution in [-0.4, -0.2) is 16.0 Å². The van der Waals surface area contributed by atoms with Crippen LogP contribution in [0, 0.1) is 10.1 Å². The van der Waals surface area contributed by atoms with Gasteiger partial charge in [-0.2, -0.15) is 0 Å². The fourth-order valence-electron chi connectivity index (χ4n) is 1.95. The highest BCUT2D eigenvalue weighted by Gasteiger charge is 2.17. The Labute approximate surface area is 135 Å². The molecule has 0 amide bonds. The van der Waals surface area contributed by atoms with Crippen molar-refractivity contribution in [2.45, 2.75) is 5.92 Å². The maximum atomic E-state index is 11.4. The Morgan fingerprint density at radius 3 is 2.36 bits per heavy atom. The van der Waals surface area contributed by atoms with Crippen LogP contribution in [0.2, 0.25) is 0 Å². The normalized spacial score (nSPS) is 12.2. The van der Waals surface area contributed by atoms with Crippen LogP contribution in [0.25, 0.3) is 6.08 Å². The molecule has 0 aliphatic heterocycles. The molecule has 0 aromatic heterocycles. The molecular formula is C16H12BrNO4. The van der Waals surface area contributed by atoms with E-state index in [1.807, 2.05) is 24.3 Å². The summed E-state index contributed by atoms with van der Waals surface area (Å²) in [6.07, 6.45) is 3.27. The predicted molar refractivity (Wildman–Crippen MR) is 86.6 cm³/mol. The molecule has 5 nitrogen and oxygen atoms in total. The van der Waals surface area contributed by atoms with Crippen molar-refractivity contribution in [3.63, 3.8) is 0 Å². The molecule has 0 aliphatic rings. The molecule has 112 valence electrons. The Morgan fingerprint density at radius 1 is 1.18 bits per heavy atom. The quantitative estimate of drug-likeness (QED) is 0.637. The molecule has 1 N–H and O–H groups in total. The topological polar surface area (TPSA) is 80.4 Å². The first-order valence-electron chi connectivity index (χ1n) is 6.39. The lowest BCUT2D eigenvalue weighted by Crippen LogP contribution is -2.08. The second kappa shape index (κ2) is 7.00. The molecule has 1 atom stereocenters. The number of hydrogen-bond acceptors (Lipinski definition) is 3. The van der Waals surface area contributed by atoms with Gasteiger partial charge in [0.1, 0.15) is 5.92 Å². The summed E-state index contributed by atoms with van der Waals surface area (Å²) in [5.74, 6) is -1.88. The highest BCUT2D eigenvalue weighted by molar-refractivity contribution is 9.10. The van der Waals surface area contributed by atoms with Crippen molar-refractivity contribution >= 4 is 33.7 Å². The summed E-state index contributed by atoms with van der Waals surface area (Å²) in [5, 5.41) is 20.0. The summed E-state index contributed by atoms with van der Waals surface area (Å²) < 4.78 is 0.860.